The van der Waals surface area contributed by atoms with Crippen molar-refractivity contribution in [2.45, 2.75) is 45.1 Å². The fraction of sp³-hybridized carbons (Fsp3) is 0.579. The molecule has 2 heteroatoms. The molecule has 0 saturated heterocycles. The third-order valence-electron chi connectivity index (χ3n) is 5.47. The van der Waals surface area contributed by atoms with E-state index in [4.69, 9.17) is 4.42 Å². The number of fused-ring (bicyclic) bond motifs is 2. The van der Waals surface area contributed by atoms with E-state index in [0.29, 0.717) is 6.04 Å². The second-order valence-corrected chi connectivity index (χ2v) is 6.81. The molecule has 0 bridgehead atoms. The molecule has 1 aromatic carbocycles. The Labute approximate surface area is 126 Å². The van der Waals surface area contributed by atoms with Crippen molar-refractivity contribution in [2.75, 3.05) is 6.54 Å². The molecule has 0 amide bonds. The summed E-state index contributed by atoms with van der Waals surface area (Å²) in [4.78, 5) is 0. The van der Waals surface area contributed by atoms with Crippen molar-refractivity contribution in [3.05, 3.63) is 36.1 Å². The van der Waals surface area contributed by atoms with E-state index in [1.54, 1.807) is 0 Å². The number of benzene rings is 1. The van der Waals surface area contributed by atoms with E-state index in [-0.39, 0.29) is 0 Å². The fourth-order valence-electron chi connectivity index (χ4n) is 4.42. The number of furan rings is 1. The van der Waals surface area contributed by atoms with Crippen LogP contribution in [0.3, 0.4) is 0 Å². The molecule has 4 rings (SSSR count). The first-order valence-electron chi connectivity index (χ1n) is 8.60. The normalized spacial score (nSPS) is 29.3. The summed E-state index contributed by atoms with van der Waals surface area (Å²) in [5, 5.41) is 5.01. The Hall–Kier alpha value is -1.28. The smallest absolute Gasteiger partial charge is 0.134 e. The van der Waals surface area contributed by atoms with Crippen LogP contribution in [0.15, 0.2) is 34.7 Å². The van der Waals surface area contributed by atoms with E-state index in [0.717, 1.165) is 35.6 Å². The zero-order valence-electron chi connectivity index (χ0n) is 12.8. The summed E-state index contributed by atoms with van der Waals surface area (Å²) in [7, 11) is 0. The Balaban J connectivity index is 1.62. The lowest BCUT2D eigenvalue weighted by Gasteiger charge is -2.16. The van der Waals surface area contributed by atoms with E-state index < -0.39 is 0 Å². The van der Waals surface area contributed by atoms with Gasteiger partial charge in [0.2, 0.25) is 0 Å². The van der Waals surface area contributed by atoms with Crippen molar-refractivity contribution in [1.29, 1.82) is 0 Å². The van der Waals surface area contributed by atoms with Gasteiger partial charge < -0.3 is 9.73 Å². The van der Waals surface area contributed by atoms with Gasteiger partial charge in [-0.2, -0.15) is 0 Å². The number of para-hydroxylation sites is 1. The van der Waals surface area contributed by atoms with Gasteiger partial charge in [-0.25, -0.2) is 0 Å². The van der Waals surface area contributed by atoms with Crippen LogP contribution in [0.5, 0.6) is 0 Å². The van der Waals surface area contributed by atoms with E-state index >= 15 is 0 Å². The highest BCUT2D eigenvalue weighted by atomic mass is 16.3. The molecule has 1 aromatic heterocycles. The van der Waals surface area contributed by atoms with Crippen LogP contribution >= 0.6 is 0 Å². The molecule has 3 unspecified atom stereocenters. The third kappa shape index (κ3) is 2.40. The summed E-state index contributed by atoms with van der Waals surface area (Å²) in [5.41, 5.74) is 1.03. The number of rotatable bonds is 5. The largest absolute Gasteiger partial charge is 0.459 e. The molecule has 0 aliphatic heterocycles. The van der Waals surface area contributed by atoms with Crippen molar-refractivity contribution in [2.24, 2.45) is 17.8 Å². The fourth-order valence-corrected chi connectivity index (χ4v) is 4.42. The van der Waals surface area contributed by atoms with Crippen molar-refractivity contribution < 1.29 is 4.42 Å². The molecule has 2 aliphatic carbocycles. The van der Waals surface area contributed by atoms with Gasteiger partial charge in [-0.3, -0.25) is 0 Å². The second kappa shape index (κ2) is 5.49. The molecule has 2 saturated carbocycles. The number of nitrogens with one attached hydrogen (secondary N) is 1. The average Bonchev–Trinajstić information content (AvgIpc) is 3.07. The first kappa shape index (κ1) is 13.4. The van der Waals surface area contributed by atoms with E-state index in [9.17, 15) is 0 Å². The maximum Gasteiger partial charge on any atom is 0.134 e. The monoisotopic (exact) mass is 283 g/mol. The topological polar surface area (TPSA) is 25.2 Å². The Morgan fingerprint density at radius 1 is 1.19 bits per heavy atom. The van der Waals surface area contributed by atoms with E-state index in [1.807, 2.05) is 0 Å². The minimum atomic E-state index is 0.422. The van der Waals surface area contributed by atoms with Gasteiger partial charge in [-0.15, -0.1) is 0 Å². The van der Waals surface area contributed by atoms with Crippen LogP contribution in [-0.2, 0) is 0 Å². The van der Waals surface area contributed by atoms with Crippen LogP contribution in [0, 0.1) is 17.8 Å². The zero-order valence-corrected chi connectivity index (χ0v) is 12.8. The van der Waals surface area contributed by atoms with Gasteiger partial charge in [0.05, 0.1) is 6.04 Å². The molecule has 0 radical (unpaired) electrons. The van der Waals surface area contributed by atoms with Crippen molar-refractivity contribution >= 4 is 11.0 Å². The van der Waals surface area contributed by atoms with Gasteiger partial charge in [-0.1, -0.05) is 38.0 Å². The highest BCUT2D eigenvalue weighted by Gasteiger charge is 2.55. The summed E-state index contributed by atoms with van der Waals surface area (Å²) in [6, 6.07) is 11.1. The minimum absolute atomic E-state index is 0.422. The summed E-state index contributed by atoms with van der Waals surface area (Å²) >= 11 is 0. The van der Waals surface area contributed by atoms with Gasteiger partial charge in [0.25, 0.3) is 0 Å². The van der Waals surface area contributed by atoms with Crippen LogP contribution in [-0.4, -0.2) is 6.54 Å². The lowest BCUT2D eigenvalue weighted by Crippen LogP contribution is -2.24. The SMILES string of the molecule is CCCNC(c1cc2ccccc2o1)C1C2CCCCC21. The lowest BCUT2D eigenvalue weighted by atomic mass is 10.0. The van der Waals surface area contributed by atoms with Gasteiger partial charge in [0.15, 0.2) is 0 Å². The summed E-state index contributed by atoms with van der Waals surface area (Å²) in [6.07, 6.45) is 6.90. The summed E-state index contributed by atoms with van der Waals surface area (Å²) < 4.78 is 6.17. The van der Waals surface area contributed by atoms with Crippen LogP contribution in [0.4, 0.5) is 0 Å². The molecule has 0 spiro atoms. The van der Waals surface area contributed by atoms with E-state index in [1.165, 1.54) is 37.5 Å². The molecule has 2 aromatic rings. The third-order valence-corrected chi connectivity index (χ3v) is 5.47. The lowest BCUT2D eigenvalue weighted by molar-refractivity contribution is 0.375. The molecule has 2 aliphatic rings. The molecule has 1 heterocycles. The zero-order chi connectivity index (χ0) is 14.2. The Morgan fingerprint density at radius 2 is 1.95 bits per heavy atom. The standard InChI is InChI=1S/C19H25NO/c1-2-11-20-19(18-14-8-4-5-9-15(14)18)17-12-13-7-3-6-10-16(13)21-17/h3,6-7,10,12,14-15,18-20H,2,4-5,8-9,11H2,1H3. The predicted octanol–water partition coefficient (Wildman–Crippen LogP) is 4.91. The highest BCUT2D eigenvalue weighted by Crippen LogP contribution is 2.60. The quantitative estimate of drug-likeness (QED) is 0.843. The molecule has 2 nitrogen and oxygen atoms in total. The summed E-state index contributed by atoms with van der Waals surface area (Å²) in [6.45, 7) is 3.32. The van der Waals surface area contributed by atoms with Gasteiger partial charge in [0, 0.05) is 5.39 Å². The second-order valence-electron chi connectivity index (χ2n) is 6.81. The van der Waals surface area contributed by atoms with Gasteiger partial charge in [0.1, 0.15) is 11.3 Å². The maximum absolute atomic E-state index is 6.17. The predicted molar refractivity (Wildman–Crippen MR) is 86.2 cm³/mol. The minimum Gasteiger partial charge on any atom is -0.459 e. The first-order valence-corrected chi connectivity index (χ1v) is 8.60. The van der Waals surface area contributed by atoms with Gasteiger partial charge in [-0.05, 0) is 55.7 Å². The van der Waals surface area contributed by atoms with E-state index in [2.05, 4.69) is 42.6 Å². The number of hydrogen-bond donors (Lipinski definition) is 1. The van der Waals surface area contributed by atoms with Crippen LogP contribution < -0.4 is 5.32 Å². The van der Waals surface area contributed by atoms with Crippen molar-refractivity contribution in [3.63, 3.8) is 0 Å². The first-order chi connectivity index (χ1) is 10.4. The molecule has 3 atom stereocenters. The van der Waals surface area contributed by atoms with Crippen LogP contribution in [0.1, 0.15) is 50.8 Å². The molecule has 112 valence electrons. The number of hydrogen-bond acceptors (Lipinski definition) is 2. The van der Waals surface area contributed by atoms with Crippen molar-refractivity contribution in [1.82, 2.24) is 5.32 Å². The highest BCUT2D eigenvalue weighted by molar-refractivity contribution is 5.77. The summed E-state index contributed by atoms with van der Waals surface area (Å²) in [5.74, 6) is 3.85. The van der Waals surface area contributed by atoms with Crippen molar-refractivity contribution in [3.8, 4) is 0 Å². The molecular weight excluding hydrogens is 258 g/mol. The van der Waals surface area contributed by atoms with Crippen LogP contribution in [0.25, 0.3) is 11.0 Å². The molecule has 1 N–H and O–H groups in total. The average molecular weight is 283 g/mol. The maximum atomic E-state index is 6.17. The molecule has 2 fully saturated rings. The Morgan fingerprint density at radius 3 is 2.67 bits per heavy atom. The Bertz CT molecular complexity index is 572. The van der Waals surface area contributed by atoms with Gasteiger partial charge >= 0.3 is 0 Å². The molecule has 21 heavy (non-hydrogen) atoms. The van der Waals surface area contributed by atoms with Crippen LogP contribution in [0.2, 0.25) is 0 Å². The molecular formula is C19H25NO. The Kier molecular flexibility index (Phi) is 3.50.